The molecule has 0 bridgehead atoms. The van der Waals surface area contributed by atoms with E-state index in [9.17, 15) is 4.79 Å². The zero-order chi connectivity index (χ0) is 17.2. The first-order valence-corrected chi connectivity index (χ1v) is 8.88. The van der Waals surface area contributed by atoms with Gasteiger partial charge in [0.25, 0.3) is 5.91 Å². The van der Waals surface area contributed by atoms with Gasteiger partial charge < -0.3 is 4.74 Å². The Morgan fingerprint density at radius 3 is 2.32 bits per heavy atom. The molecule has 3 aromatic carbocycles. The Hall–Kier alpha value is -2.59. The van der Waals surface area contributed by atoms with Crippen molar-refractivity contribution >= 4 is 21.8 Å². The molecule has 0 aromatic heterocycles. The van der Waals surface area contributed by atoms with Crippen molar-refractivity contribution in [1.82, 2.24) is 4.90 Å². The summed E-state index contributed by atoms with van der Waals surface area (Å²) in [6.45, 7) is 0.491. The number of nitrogens with zero attached hydrogens (tertiary/aromatic N) is 1. The molecule has 0 spiro atoms. The van der Waals surface area contributed by atoms with Crippen molar-refractivity contribution in [3.8, 4) is 5.75 Å². The van der Waals surface area contributed by atoms with Gasteiger partial charge in [0.05, 0.1) is 5.56 Å². The van der Waals surface area contributed by atoms with E-state index in [0.717, 1.165) is 15.6 Å². The van der Waals surface area contributed by atoms with Gasteiger partial charge in [-0.05, 0) is 23.8 Å². The van der Waals surface area contributed by atoms with E-state index in [1.807, 2.05) is 78.9 Å². The second-order valence-corrected chi connectivity index (χ2v) is 6.86. The second-order valence-electron chi connectivity index (χ2n) is 5.94. The summed E-state index contributed by atoms with van der Waals surface area (Å²) in [4.78, 5) is 15.0. The van der Waals surface area contributed by atoms with Gasteiger partial charge in [-0.2, -0.15) is 0 Å². The summed E-state index contributed by atoms with van der Waals surface area (Å²) >= 11 is 3.44. The van der Waals surface area contributed by atoms with E-state index in [1.54, 1.807) is 4.90 Å². The number of hydrogen-bond acceptors (Lipinski definition) is 2. The van der Waals surface area contributed by atoms with Crippen molar-refractivity contribution in [2.75, 3.05) is 0 Å². The van der Waals surface area contributed by atoms with Crippen molar-refractivity contribution in [2.45, 2.75) is 12.8 Å². The maximum absolute atomic E-state index is 13.2. The Morgan fingerprint density at radius 2 is 1.60 bits per heavy atom. The highest BCUT2D eigenvalue weighted by molar-refractivity contribution is 9.10. The lowest BCUT2D eigenvalue weighted by Gasteiger charge is -2.37. The standard InChI is InChI=1S/C21H16BrNO2/c22-17-11-12-19-18(13-17)20(24)23(14-15-7-3-1-4-8-15)21(25-19)16-9-5-2-6-10-16/h1-13,21H,14H2. The largest absolute Gasteiger partial charge is 0.465 e. The Kier molecular flexibility index (Phi) is 4.28. The van der Waals surface area contributed by atoms with Gasteiger partial charge >= 0.3 is 0 Å². The van der Waals surface area contributed by atoms with E-state index in [-0.39, 0.29) is 5.91 Å². The first-order valence-electron chi connectivity index (χ1n) is 8.08. The van der Waals surface area contributed by atoms with Crippen LogP contribution in [0.2, 0.25) is 0 Å². The predicted octanol–water partition coefficient (Wildman–Crippen LogP) is 5.18. The van der Waals surface area contributed by atoms with Crippen LogP contribution < -0.4 is 4.74 Å². The van der Waals surface area contributed by atoms with Crippen LogP contribution in [0.4, 0.5) is 0 Å². The fourth-order valence-electron chi connectivity index (χ4n) is 3.02. The molecular formula is C21H16BrNO2. The lowest BCUT2D eigenvalue weighted by atomic mass is 10.1. The van der Waals surface area contributed by atoms with Crippen LogP contribution >= 0.6 is 15.9 Å². The molecule has 1 atom stereocenters. The Morgan fingerprint density at radius 1 is 0.920 bits per heavy atom. The minimum atomic E-state index is -0.442. The van der Waals surface area contributed by atoms with Crippen LogP contribution in [0.25, 0.3) is 0 Å². The molecule has 3 aromatic rings. The fraction of sp³-hybridized carbons (Fsp3) is 0.0952. The number of amides is 1. The number of carbonyl (C=O) groups excluding carboxylic acids is 1. The molecule has 1 aliphatic heterocycles. The first-order chi connectivity index (χ1) is 12.2. The molecule has 1 amide bonds. The molecular weight excluding hydrogens is 378 g/mol. The number of ether oxygens (including phenoxy) is 1. The average molecular weight is 394 g/mol. The molecule has 0 N–H and O–H groups in total. The van der Waals surface area contributed by atoms with Gasteiger partial charge in [-0.15, -0.1) is 0 Å². The van der Waals surface area contributed by atoms with Gasteiger partial charge in [0, 0.05) is 16.6 Å². The van der Waals surface area contributed by atoms with Crippen LogP contribution in [0.3, 0.4) is 0 Å². The molecule has 25 heavy (non-hydrogen) atoms. The van der Waals surface area contributed by atoms with Crippen LogP contribution in [0, 0.1) is 0 Å². The van der Waals surface area contributed by atoms with E-state index in [2.05, 4.69) is 15.9 Å². The summed E-state index contributed by atoms with van der Waals surface area (Å²) in [5.41, 5.74) is 2.61. The summed E-state index contributed by atoms with van der Waals surface area (Å²) in [5, 5.41) is 0. The Bertz CT molecular complexity index is 896. The van der Waals surface area contributed by atoms with Gasteiger partial charge in [0.15, 0.2) is 0 Å². The van der Waals surface area contributed by atoms with Crippen molar-refractivity contribution in [1.29, 1.82) is 0 Å². The minimum absolute atomic E-state index is 0.0275. The maximum atomic E-state index is 13.2. The number of hydrogen-bond donors (Lipinski definition) is 0. The van der Waals surface area contributed by atoms with E-state index in [4.69, 9.17) is 4.74 Å². The molecule has 124 valence electrons. The van der Waals surface area contributed by atoms with Crippen molar-refractivity contribution in [2.24, 2.45) is 0 Å². The van der Waals surface area contributed by atoms with Gasteiger partial charge in [-0.3, -0.25) is 9.69 Å². The number of benzene rings is 3. The zero-order valence-corrected chi connectivity index (χ0v) is 15.0. The van der Waals surface area contributed by atoms with Gasteiger partial charge in [0.2, 0.25) is 6.23 Å². The van der Waals surface area contributed by atoms with Gasteiger partial charge in [-0.25, -0.2) is 0 Å². The molecule has 1 heterocycles. The van der Waals surface area contributed by atoms with Gasteiger partial charge in [-0.1, -0.05) is 76.6 Å². The number of carbonyl (C=O) groups is 1. The highest BCUT2D eigenvalue weighted by atomic mass is 79.9. The SMILES string of the molecule is O=C1c2cc(Br)ccc2OC(c2ccccc2)N1Cc1ccccc1. The van der Waals surface area contributed by atoms with Crippen LogP contribution in [0.1, 0.15) is 27.7 Å². The smallest absolute Gasteiger partial charge is 0.261 e. The summed E-state index contributed by atoms with van der Waals surface area (Å²) < 4.78 is 7.07. The van der Waals surface area contributed by atoms with Crippen molar-refractivity contribution < 1.29 is 9.53 Å². The lowest BCUT2D eigenvalue weighted by Crippen LogP contribution is -2.41. The third-order valence-electron chi connectivity index (χ3n) is 4.24. The number of fused-ring (bicyclic) bond motifs is 1. The molecule has 1 aliphatic rings. The highest BCUT2D eigenvalue weighted by Gasteiger charge is 2.34. The Labute approximate surface area is 155 Å². The fourth-order valence-corrected chi connectivity index (χ4v) is 3.38. The van der Waals surface area contributed by atoms with Crippen molar-refractivity contribution in [3.05, 3.63) is 100 Å². The quantitative estimate of drug-likeness (QED) is 0.613. The topological polar surface area (TPSA) is 29.5 Å². The van der Waals surface area contributed by atoms with E-state index < -0.39 is 6.23 Å². The lowest BCUT2D eigenvalue weighted by molar-refractivity contribution is 0.00469. The minimum Gasteiger partial charge on any atom is -0.465 e. The maximum Gasteiger partial charge on any atom is 0.261 e. The highest BCUT2D eigenvalue weighted by Crippen LogP contribution is 2.37. The third-order valence-corrected chi connectivity index (χ3v) is 4.73. The normalized spacial score (nSPS) is 16.3. The van der Waals surface area contributed by atoms with E-state index in [1.165, 1.54) is 0 Å². The summed E-state index contributed by atoms with van der Waals surface area (Å²) in [7, 11) is 0. The van der Waals surface area contributed by atoms with Crippen LogP contribution in [-0.4, -0.2) is 10.8 Å². The van der Waals surface area contributed by atoms with Crippen LogP contribution in [0.5, 0.6) is 5.75 Å². The molecule has 0 saturated heterocycles. The molecule has 0 fully saturated rings. The monoisotopic (exact) mass is 393 g/mol. The predicted molar refractivity (Wildman–Crippen MR) is 100 cm³/mol. The number of halogens is 1. The average Bonchev–Trinajstić information content (AvgIpc) is 2.66. The van der Waals surface area contributed by atoms with E-state index >= 15 is 0 Å². The molecule has 3 nitrogen and oxygen atoms in total. The molecule has 1 unspecified atom stereocenters. The molecule has 0 saturated carbocycles. The van der Waals surface area contributed by atoms with Gasteiger partial charge in [0.1, 0.15) is 5.75 Å². The molecule has 0 aliphatic carbocycles. The molecule has 4 rings (SSSR count). The molecule has 4 heteroatoms. The third kappa shape index (κ3) is 3.17. The van der Waals surface area contributed by atoms with Crippen LogP contribution in [-0.2, 0) is 6.54 Å². The zero-order valence-electron chi connectivity index (χ0n) is 13.4. The van der Waals surface area contributed by atoms with E-state index in [0.29, 0.717) is 17.9 Å². The van der Waals surface area contributed by atoms with Crippen LogP contribution in [0.15, 0.2) is 83.3 Å². The summed E-state index contributed by atoms with van der Waals surface area (Å²) in [6.07, 6.45) is -0.442. The summed E-state index contributed by atoms with van der Waals surface area (Å²) in [5.74, 6) is 0.589. The summed E-state index contributed by atoms with van der Waals surface area (Å²) in [6, 6.07) is 25.4. The van der Waals surface area contributed by atoms with Crippen molar-refractivity contribution in [3.63, 3.8) is 0 Å². The molecule has 0 radical (unpaired) electrons. The Balaban J connectivity index is 1.77. The second kappa shape index (κ2) is 6.73. The number of rotatable bonds is 3. The first kappa shape index (κ1) is 15.9.